The summed E-state index contributed by atoms with van der Waals surface area (Å²) in [4.78, 5) is 0. The molecule has 0 aliphatic carbocycles. The molecule has 1 unspecified atom stereocenters. The molecule has 0 aliphatic heterocycles. The summed E-state index contributed by atoms with van der Waals surface area (Å²) >= 11 is 0. The molecule has 0 amide bonds. The fourth-order valence-electron chi connectivity index (χ4n) is 2.66. The molecular formula is C17H28O2. The lowest BCUT2D eigenvalue weighted by atomic mass is 9.89. The normalized spacial score (nSPS) is 12.4. The molecule has 108 valence electrons. The lowest BCUT2D eigenvalue weighted by Gasteiger charge is -2.20. The van der Waals surface area contributed by atoms with E-state index in [-0.39, 0.29) is 0 Å². The fraction of sp³-hybridized carbons (Fsp3) is 0.647. The molecule has 19 heavy (non-hydrogen) atoms. The minimum Gasteiger partial charge on any atom is -0.496 e. The number of hydrogen-bond acceptors (Lipinski definition) is 2. The molecule has 1 atom stereocenters. The highest BCUT2D eigenvalue weighted by molar-refractivity contribution is 5.43. The Labute approximate surface area is 118 Å². The molecule has 0 aromatic heterocycles. The first-order valence-corrected chi connectivity index (χ1v) is 7.43. The number of methoxy groups -OCH3 is 2. The van der Waals surface area contributed by atoms with Crippen LogP contribution in [0.25, 0.3) is 0 Å². The molecule has 0 bridgehead atoms. The standard InChI is InChI=1S/C17H28O2/c1-5-7-8-10-14(6-2)16-12-9-11-15(13-18-3)17(16)19-4/h9,11-12,14H,5-8,10,13H2,1-4H3. The predicted molar refractivity (Wildman–Crippen MR) is 80.9 cm³/mol. The van der Waals surface area contributed by atoms with Gasteiger partial charge in [-0.15, -0.1) is 0 Å². The number of hydrogen-bond donors (Lipinski definition) is 0. The Morgan fingerprint density at radius 3 is 2.47 bits per heavy atom. The van der Waals surface area contributed by atoms with Gasteiger partial charge in [-0.2, -0.15) is 0 Å². The van der Waals surface area contributed by atoms with E-state index in [1.54, 1.807) is 14.2 Å². The van der Waals surface area contributed by atoms with Crippen LogP contribution in [0.4, 0.5) is 0 Å². The third-order valence-electron chi connectivity index (χ3n) is 3.72. The molecule has 0 spiro atoms. The van der Waals surface area contributed by atoms with E-state index in [1.165, 1.54) is 31.2 Å². The highest BCUT2D eigenvalue weighted by atomic mass is 16.5. The molecule has 0 N–H and O–H groups in total. The average molecular weight is 264 g/mol. The SMILES string of the molecule is CCCCCC(CC)c1cccc(COC)c1OC. The third-order valence-corrected chi connectivity index (χ3v) is 3.72. The van der Waals surface area contributed by atoms with Crippen LogP contribution in [-0.4, -0.2) is 14.2 Å². The first-order valence-electron chi connectivity index (χ1n) is 7.43. The Bertz CT molecular complexity index is 360. The minimum absolute atomic E-state index is 0.596. The van der Waals surface area contributed by atoms with Crippen molar-refractivity contribution in [2.24, 2.45) is 0 Å². The molecule has 0 heterocycles. The van der Waals surface area contributed by atoms with Crippen molar-refractivity contribution in [3.63, 3.8) is 0 Å². The van der Waals surface area contributed by atoms with Crippen LogP contribution in [0, 0.1) is 0 Å². The van der Waals surface area contributed by atoms with E-state index in [0.29, 0.717) is 12.5 Å². The maximum atomic E-state index is 5.64. The van der Waals surface area contributed by atoms with Gasteiger partial charge in [0.25, 0.3) is 0 Å². The quantitative estimate of drug-likeness (QED) is 0.590. The Kier molecular flexibility index (Phi) is 7.57. The van der Waals surface area contributed by atoms with Gasteiger partial charge >= 0.3 is 0 Å². The second kappa shape index (κ2) is 8.98. The van der Waals surface area contributed by atoms with Gasteiger partial charge in [0, 0.05) is 12.7 Å². The van der Waals surface area contributed by atoms with Crippen molar-refractivity contribution >= 4 is 0 Å². The summed E-state index contributed by atoms with van der Waals surface area (Å²) in [5.74, 6) is 1.62. The van der Waals surface area contributed by atoms with E-state index in [4.69, 9.17) is 9.47 Å². The molecule has 2 heteroatoms. The van der Waals surface area contributed by atoms with E-state index in [9.17, 15) is 0 Å². The Balaban J connectivity index is 2.91. The van der Waals surface area contributed by atoms with Gasteiger partial charge in [-0.05, 0) is 24.3 Å². The molecule has 1 aromatic rings. The van der Waals surface area contributed by atoms with Gasteiger partial charge in [-0.1, -0.05) is 51.3 Å². The number of rotatable bonds is 9. The van der Waals surface area contributed by atoms with Crippen molar-refractivity contribution in [2.75, 3.05) is 14.2 Å². The first-order chi connectivity index (χ1) is 9.28. The summed E-state index contributed by atoms with van der Waals surface area (Å²) < 4.78 is 10.9. The van der Waals surface area contributed by atoms with Gasteiger partial charge in [0.2, 0.25) is 0 Å². The maximum absolute atomic E-state index is 5.64. The van der Waals surface area contributed by atoms with Crippen molar-refractivity contribution in [2.45, 2.75) is 58.5 Å². The van der Waals surface area contributed by atoms with E-state index in [1.807, 2.05) is 0 Å². The van der Waals surface area contributed by atoms with E-state index in [0.717, 1.165) is 17.7 Å². The van der Waals surface area contributed by atoms with Crippen LogP contribution in [0.5, 0.6) is 5.75 Å². The summed E-state index contributed by atoms with van der Waals surface area (Å²) in [5, 5.41) is 0. The molecule has 1 rings (SSSR count). The molecule has 0 aliphatic rings. The Morgan fingerprint density at radius 2 is 1.89 bits per heavy atom. The fourth-order valence-corrected chi connectivity index (χ4v) is 2.66. The largest absolute Gasteiger partial charge is 0.496 e. The highest BCUT2D eigenvalue weighted by Crippen LogP contribution is 2.35. The molecule has 1 aromatic carbocycles. The number of ether oxygens (including phenoxy) is 2. The van der Waals surface area contributed by atoms with Crippen LogP contribution >= 0.6 is 0 Å². The maximum Gasteiger partial charge on any atom is 0.127 e. The number of para-hydroxylation sites is 1. The van der Waals surface area contributed by atoms with Gasteiger partial charge in [-0.3, -0.25) is 0 Å². The summed E-state index contributed by atoms with van der Waals surface area (Å²) in [6.07, 6.45) is 6.30. The van der Waals surface area contributed by atoms with Crippen molar-refractivity contribution in [3.8, 4) is 5.75 Å². The smallest absolute Gasteiger partial charge is 0.127 e. The topological polar surface area (TPSA) is 18.5 Å². The predicted octanol–water partition coefficient (Wildman–Crippen LogP) is 4.92. The second-order valence-corrected chi connectivity index (χ2v) is 5.07. The highest BCUT2D eigenvalue weighted by Gasteiger charge is 2.16. The van der Waals surface area contributed by atoms with Crippen LogP contribution in [0.2, 0.25) is 0 Å². The third kappa shape index (κ3) is 4.54. The number of benzene rings is 1. The zero-order valence-corrected chi connectivity index (χ0v) is 12.9. The van der Waals surface area contributed by atoms with Gasteiger partial charge < -0.3 is 9.47 Å². The van der Waals surface area contributed by atoms with E-state index >= 15 is 0 Å². The molecule has 0 saturated heterocycles. The summed E-state index contributed by atoms with van der Waals surface area (Å²) in [5.41, 5.74) is 2.49. The van der Waals surface area contributed by atoms with Crippen molar-refractivity contribution in [3.05, 3.63) is 29.3 Å². The van der Waals surface area contributed by atoms with Crippen molar-refractivity contribution < 1.29 is 9.47 Å². The first kappa shape index (κ1) is 16.0. The summed E-state index contributed by atoms with van der Waals surface area (Å²) in [7, 11) is 3.49. The van der Waals surface area contributed by atoms with Crippen molar-refractivity contribution in [1.82, 2.24) is 0 Å². The molecule has 0 fully saturated rings. The Hall–Kier alpha value is -1.02. The van der Waals surface area contributed by atoms with Crippen LogP contribution in [0.3, 0.4) is 0 Å². The summed E-state index contributed by atoms with van der Waals surface area (Å²) in [6.45, 7) is 5.13. The second-order valence-electron chi connectivity index (χ2n) is 5.07. The molecular weight excluding hydrogens is 236 g/mol. The minimum atomic E-state index is 0.596. The number of unbranched alkanes of at least 4 members (excludes halogenated alkanes) is 2. The van der Waals surface area contributed by atoms with E-state index < -0.39 is 0 Å². The van der Waals surface area contributed by atoms with Crippen molar-refractivity contribution in [1.29, 1.82) is 0 Å². The van der Waals surface area contributed by atoms with Gasteiger partial charge in [0.15, 0.2) is 0 Å². The molecule has 0 radical (unpaired) electrons. The van der Waals surface area contributed by atoms with Gasteiger partial charge in [-0.25, -0.2) is 0 Å². The Morgan fingerprint density at radius 1 is 1.11 bits per heavy atom. The molecule has 0 saturated carbocycles. The monoisotopic (exact) mass is 264 g/mol. The zero-order chi connectivity index (χ0) is 14.1. The zero-order valence-electron chi connectivity index (χ0n) is 12.9. The van der Waals surface area contributed by atoms with E-state index in [2.05, 4.69) is 32.0 Å². The lowest BCUT2D eigenvalue weighted by molar-refractivity contribution is 0.181. The lowest BCUT2D eigenvalue weighted by Crippen LogP contribution is -2.04. The summed E-state index contributed by atoms with van der Waals surface area (Å²) in [6, 6.07) is 6.41. The van der Waals surface area contributed by atoms with Crippen LogP contribution in [0.1, 0.15) is 63.0 Å². The average Bonchev–Trinajstić information content (AvgIpc) is 2.44. The van der Waals surface area contributed by atoms with Crippen LogP contribution < -0.4 is 4.74 Å². The van der Waals surface area contributed by atoms with Gasteiger partial charge in [0.1, 0.15) is 5.75 Å². The van der Waals surface area contributed by atoms with Crippen LogP contribution in [0.15, 0.2) is 18.2 Å². The molecule has 2 nitrogen and oxygen atoms in total. The van der Waals surface area contributed by atoms with Gasteiger partial charge in [0.05, 0.1) is 13.7 Å². The van der Waals surface area contributed by atoms with Crippen LogP contribution in [-0.2, 0) is 11.3 Å².